The molecule has 6 rings (SSSR count). The molecule has 0 radical (unpaired) electrons. The Hall–Kier alpha value is -5.12. The summed E-state index contributed by atoms with van der Waals surface area (Å²) in [5, 5.41) is 2.76. The summed E-state index contributed by atoms with van der Waals surface area (Å²) >= 11 is 0. The van der Waals surface area contributed by atoms with Crippen LogP contribution >= 0.6 is 0 Å². The van der Waals surface area contributed by atoms with Crippen molar-refractivity contribution in [2.75, 3.05) is 20.8 Å². The van der Waals surface area contributed by atoms with E-state index in [2.05, 4.69) is 4.98 Å². The number of methoxy groups -OCH3 is 2. The molecule has 3 heterocycles. The number of ether oxygens (including phenoxy) is 2. The smallest absolute Gasteiger partial charge is 0.279 e. The van der Waals surface area contributed by atoms with E-state index in [9.17, 15) is 19.2 Å². The highest BCUT2D eigenvalue weighted by molar-refractivity contribution is 6.12. The molecular formula is C32H30N4O6. The van der Waals surface area contributed by atoms with E-state index in [-0.39, 0.29) is 23.5 Å². The molecule has 10 nitrogen and oxygen atoms in total. The monoisotopic (exact) mass is 566 g/mol. The summed E-state index contributed by atoms with van der Waals surface area (Å²) in [7, 11) is 3.01. The van der Waals surface area contributed by atoms with E-state index < -0.39 is 35.8 Å². The van der Waals surface area contributed by atoms with Gasteiger partial charge in [0.1, 0.15) is 24.1 Å². The number of carbonyl (C=O) groups excluding carboxylic acids is 4. The SMILES string of the molecule is COc1ccc(C(=O)N(C(=O)c2ccc(OC)cc2)N2CC(=O)N3[C@@H](Cc4c([nH]c5ccccc45)C3(C)C)C2=O)cc1. The minimum absolute atomic E-state index is 0.156. The number of piperazine rings is 1. The summed E-state index contributed by atoms with van der Waals surface area (Å²) in [6.45, 7) is 3.33. The average Bonchev–Trinajstić information content (AvgIpc) is 3.39. The van der Waals surface area contributed by atoms with Crippen LogP contribution < -0.4 is 9.47 Å². The lowest BCUT2D eigenvalue weighted by Crippen LogP contribution is -2.70. The van der Waals surface area contributed by atoms with E-state index in [1.54, 1.807) is 29.2 Å². The normalized spacial score (nSPS) is 17.5. The first kappa shape index (κ1) is 27.1. The number of amides is 4. The Balaban J connectivity index is 1.43. The third-order valence-corrected chi connectivity index (χ3v) is 8.13. The van der Waals surface area contributed by atoms with Crippen LogP contribution in [-0.2, 0) is 21.5 Å². The lowest BCUT2D eigenvalue weighted by molar-refractivity contribution is -0.173. The van der Waals surface area contributed by atoms with Gasteiger partial charge in [-0.3, -0.25) is 19.2 Å². The largest absolute Gasteiger partial charge is 0.497 e. The number of hydrogen-bond acceptors (Lipinski definition) is 6. The molecule has 4 amide bonds. The first-order valence-electron chi connectivity index (χ1n) is 13.6. The molecule has 3 aromatic carbocycles. The minimum Gasteiger partial charge on any atom is -0.497 e. The van der Waals surface area contributed by atoms with Gasteiger partial charge in [-0.15, -0.1) is 0 Å². The number of aromatic nitrogens is 1. The highest BCUT2D eigenvalue weighted by Crippen LogP contribution is 2.43. The van der Waals surface area contributed by atoms with Gasteiger partial charge in [0.05, 0.1) is 19.8 Å². The highest BCUT2D eigenvalue weighted by Gasteiger charge is 2.53. The van der Waals surface area contributed by atoms with Gasteiger partial charge in [-0.2, -0.15) is 5.01 Å². The highest BCUT2D eigenvalue weighted by atomic mass is 16.5. The summed E-state index contributed by atoms with van der Waals surface area (Å²) in [4.78, 5) is 61.1. The Morgan fingerprint density at radius 3 is 1.95 bits per heavy atom. The molecule has 4 aromatic rings. The van der Waals surface area contributed by atoms with Crippen LogP contribution in [0.5, 0.6) is 11.5 Å². The van der Waals surface area contributed by atoms with Crippen molar-refractivity contribution in [3.8, 4) is 11.5 Å². The van der Waals surface area contributed by atoms with Crippen molar-refractivity contribution < 1.29 is 28.7 Å². The molecule has 42 heavy (non-hydrogen) atoms. The van der Waals surface area contributed by atoms with E-state index in [1.165, 1.54) is 38.5 Å². The molecule has 214 valence electrons. The molecule has 1 fully saturated rings. The quantitative estimate of drug-likeness (QED) is 0.367. The molecule has 1 atom stereocenters. The zero-order valence-corrected chi connectivity index (χ0v) is 23.7. The molecule has 2 aliphatic heterocycles. The van der Waals surface area contributed by atoms with Gasteiger partial charge in [-0.1, -0.05) is 18.2 Å². The van der Waals surface area contributed by atoms with Crippen LogP contribution in [0.4, 0.5) is 0 Å². The van der Waals surface area contributed by atoms with E-state index >= 15 is 0 Å². The molecule has 0 aliphatic carbocycles. The molecule has 0 unspecified atom stereocenters. The molecule has 10 heteroatoms. The summed E-state index contributed by atoms with van der Waals surface area (Å²) in [5.74, 6) is -1.31. The first-order chi connectivity index (χ1) is 20.1. The number of H-pyrrole nitrogens is 1. The third-order valence-electron chi connectivity index (χ3n) is 8.13. The molecule has 1 aromatic heterocycles. The molecule has 0 saturated carbocycles. The number of fused-ring (bicyclic) bond motifs is 4. The maximum Gasteiger partial charge on any atom is 0.279 e. The number of hydrogen-bond donors (Lipinski definition) is 1. The van der Waals surface area contributed by atoms with Crippen molar-refractivity contribution in [1.82, 2.24) is 19.9 Å². The second-order valence-corrected chi connectivity index (χ2v) is 10.8. The van der Waals surface area contributed by atoms with E-state index in [4.69, 9.17) is 9.47 Å². The fourth-order valence-electron chi connectivity index (χ4n) is 6.06. The number of imide groups is 1. The lowest BCUT2D eigenvalue weighted by Gasteiger charge is -2.52. The molecule has 2 aliphatic rings. The van der Waals surface area contributed by atoms with E-state index in [1.807, 2.05) is 38.1 Å². The van der Waals surface area contributed by atoms with Crippen LogP contribution in [0, 0.1) is 0 Å². The standard InChI is InChI=1S/C32H30N4O6/c1-32(2)28-24(23-7-5-6-8-25(23)33-28)17-26-31(40)34(18-27(37)35(26)32)36(29(38)19-9-13-21(41-3)14-10-19)30(39)20-11-15-22(42-4)16-12-20/h5-16,26,33H,17-18H2,1-4H3/t26-/m0/s1. The Morgan fingerprint density at radius 2 is 1.40 bits per heavy atom. The number of hydrazine groups is 1. The number of aromatic amines is 1. The van der Waals surface area contributed by atoms with Gasteiger partial charge >= 0.3 is 0 Å². The number of carbonyl (C=O) groups is 4. The maximum absolute atomic E-state index is 14.3. The van der Waals surface area contributed by atoms with Gasteiger partial charge in [0, 0.05) is 34.1 Å². The van der Waals surface area contributed by atoms with Crippen molar-refractivity contribution in [2.45, 2.75) is 31.8 Å². The topological polar surface area (TPSA) is 112 Å². The Kier molecular flexibility index (Phi) is 6.48. The van der Waals surface area contributed by atoms with Crippen LogP contribution in [0.25, 0.3) is 10.9 Å². The second-order valence-electron chi connectivity index (χ2n) is 10.8. The van der Waals surface area contributed by atoms with Crippen LogP contribution in [0.3, 0.4) is 0 Å². The summed E-state index contributed by atoms with van der Waals surface area (Å²) in [6.07, 6.45) is 0.241. The number of para-hydroxylation sites is 1. The van der Waals surface area contributed by atoms with Crippen molar-refractivity contribution in [1.29, 1.82) is 0 Å². The predicted molar refractivity (Wildman–Crippen MR) is 154 cm³/mol. The number of rotatable bonds is 5. The first-order valence-corrected chi connectivity index (χ1v) is 13.6. The molecule has 0 spiro atoms. The Morgan fingerprint density at radius 1 is 0.857 bits per heavy atom. The third kappa shape index (κ3) is 4.18. The molecule has 1 saturated heterocycles. The number of benzene rings is 3. The van der Waals surface area contributed by atoms with Gasteiger partial charge in [-0.25, -0.2) is 5.01 Å². The second kappa shape index (κ2) is 10.1. The maximum atomic E-state index is 14.3. The van der Waals surface area contributed by atoms with Crippen molar-refractivity contribution in [3.63, 3.8) is 0 Å². The van der Waals surface area contributed by atoms with Gasteiger partial charge in [-0.05, 0) is 74.0 Å². The number of nitrogens with one attached hydrogen (secondary N) is 1. The van der Waals surface area contributed by atoms with Crippen LogP contribution in [0.1, 0.15) is 45.8 Å². The van der Waals surface area contributed by atoms with E-state index in [0.29, 0.717) is 11.5 Å². The van der Waals surface area contributed by atoms with Crippen molar-refractivity contribution in [2.24, 2.45) is 0 Å². The molecular weight excluding hydrogens is 536 g/mol. The van der Waals surface area contributed by atoms with Gasteiger partial charge in [0.25, 0.3) is 17.7 Å². The fourth-order valence-corrected chi connectivity index (χ4v) is 6.06. The van der Waals surface area contributed by atoms with Crippen LogP contribution in [0.15, 0.2) is 72.8 Å². The lowest BCUT2D eigenvalue weighted by atomic mass is 9.82. The minimum atomic E-state index is -0.914. The zero-order valence-electron chi connectivity index (χ0n) is 23.7. The van der Waals surface area contributed by atoms with Crippen LogP contribution in [-0.4, -0.2) is 70.3 Å². The van der Waals surface area contributed by atoms with Gasteiger partial charge in [0.15, 0.2) is 0 Å². The zero-order chi connectivity index (χ0) is 29.8. The Bertz CT molecular complexity index is 1660. The van der Waals surface area contributed by atoms with Crippen LogP contribution in [0.2, 0.25) is 0 Å². The fraction of sp³-hybridized carbons (Fsp3) is 0.250. The number of nitrogens with zero attached hydrogens (tertiary/aromatic N) is 3. The summed E-state index contributed by atoms with van der Waals surface area (Å²) in [5.41, 5.74) is 2.20. The van der Waals surface area contributed by atoms with E-state index in [0.717, 1.165) is 32.2 Å². The summed E-state index contributed by atoms with van der Waals surface area (Å²) in [6, 6.07) is 19.3. The molecule has 1 N–H and O–H groups in total. The van der Waals surface area contributed by atoms with Crippen molar-refractivity contribution >= 4 is 34.5 Å². The summed E-state index contributed by atoms with van der Waals surface area (Å²) < 4.78 is 10.4. The Labute approximate surface area is 242 Å². The predicted octanol–water partition coefficient (Wildman–Crippen LogP) is 3.91. The average molecular weight is 567 g/mol. The van der Waals surface area contributed by atoms with Gasteiger partial charge < -0.3 is 19.4 Å². The van der Waals surface area contributed by atoms with Crippen molar-refractivity contribution in [3.05, 3.63) is 95.2 Å². The molecule has 0 bridgehead atoms. The van der Waals surface area contributed by atoms with Gasteiger partial charge in [0.2, 0.25) is 5.91 Å².